The Hall–Kier alpha value is -2.95. The number of carboxylic acids is 2. The second-order valence-electron chi connectivity index (χ2n) is 4.60. The van der Waals surface area contributed by atoms with E-state index in [0.29, 0.717) is 5.69 Å². The highest BCUT2D eigenvalue weighted by Crippen LogP contribution is 2.01. The summed E-state index contributed by atoms with van der Waals surface area (Å²) in [6.07, 6.45) is 2.03. The molecule has 1 rings (SSSR count). The molecule has 0 fully saturated rings. The van der Waals surface area contributed by atoms with E-state index in [-0.39, 0.29) is 13.0 Å². The van der Waals surface area contributed by atoms with Gasteiger partial charge >= 0.3 is 11.9 Å². The van der Waals surface area contributed by atoms with Gasteiger partial charge in [0.1, 0.15) is 12.1 Å². The average Bonchev–Trinajstić information content (AvgIpc) is 2.97. The molecule has 1 aromatic heterocycles. The van der Waals surface area contributed by atoms with E-state index in [2.05, 4.69) is 20.6 Å². The number of carbonyl (C=O) groups is 4. The fourth-order valence-electron chi connectivity index (χ4n) is 1.73. The summed E-state index contributed by atoms with van der Waals surface area (Å²) in [5.74, 6) is -4.33. The number of carboxylic acid groups (broad SMARTS) is 2. The lowest BCUT2D eigenvalue weighted by Crippen LogP contribution is -2.53. The molecule has 1 heterocycles. The lowest BCUT2D eigenvalue weighted by Gasteiger charge is -2.20. The largest absolute Gasteiger partial charge is 0.481 e. The van der Waals surface area contributed by atoms with Gasteiger partial charge in [0.2, 0.25) is 11.8 Å². The van der Waals surface area contributed by atoms with Crippen LogP contribution in [0.25, 0.3) is 0 Å². The molecule has 0 saturated heterocycles. The van der Waals surface area contributed by atoms with Gasteiger partial charge in [0.25, 0.3) is 0 Å². The number of rotatable bonds is 9. The molecule has 2 amide bonds. The quantitative estimate of drug-likeness (QED) is 0.285. The summed E-state index contributed by atoms with van der Waals surface area (Å²) in [6, 6.07) is -2.74. The van der Waals surface area contributed by atoms with E-state index in [0.717, 1.165) is 0 Å². The summed E-state index contributed by atoms with van der Waals surface area (Å²) in [7, 11) is 0. The molecule has 0 aliphatic carbocycles. The molecule has 7 N–H and O–H groups in total. The predicted molar refractivity (Wildman–Crippen MR) is 75.1 cm³/mol. The van der Waals surface area contributed by atoms with Gasteiger partial charge in [-0.3, -0.25) is 14.4 Å². The minimum absolute atomic E-state index is 0.0109. The number of hydrogen-bond donors (Lipinski definition) is 6. The van der Waals surface area contributed by atoms with Crippen molar-refractivity contribution in [2.24, 2.45) is 5.73 Å². The maximum absolute atomic E-state index is 12.2. The number of nitrogens with zero attached hydrogens (tertiary/aromatic N) is 1. The van der Waals surface area contributed by atoms with Crippen LogP contribution in [-0.2, 0) is 25.6 Å². The van der Waals surface area contributed by atoms with Gasteiger partial charge in [0.05, 0.1) is 19.3 Å². The van der Waals surface area contributed by atoms with Crippen LogP contribution in [0.4, 0.5) is 0 Å². The SMILES string of the molecule is NCC(=O)NC(Cc1cnc[nH]1)C(=O)NC(CC(=O)O)C(=O)O. The smallest absolute Gasteiger partial charge is 0.326 e. The first-order chi connectivity index (χ1) is 10.8. The highest BCUT2D eigenvalue weighted by atomic mass is 16.4. The van der Waals surface area contributed by atoms with Gasteiger partial charge in [-0.05, 0) is 0 Å². The third-order valence-electron chi connectivity index (χ3n) is 2.81. The minimum atomic E-state index is -1.61. The van der Waals surface area contributed by atoms with Crippen LogP contribution in [0.15, 0.2) is 12.5 Å². The second kappa shape index (κ2) is 8.48. The number of hydrogen-bond acceptors (Lipinski definition) is 6. The fraction of sp³-hybridized carbons (Fsp3) is 0.417. The number of aromatic nitrogens is 2. The number of aliphatic carboxylic acids is 2. The first kappa shape index (κ1) is 18.1. The van der Waals surface area contributed by atoms with Crippen LogP contribution in [-0.4, -0.2) is 62.6 Å². The van der Waals surface area contributed by atoms with Crippen LogP contribution < -0.4 is 16.4 Å². The molecular formula is C12H17N5O6. The fourth-order valence-corrected chi connectivity index (χ4v) is 1.73. The summed E-state index contributed by atoms with van der Waals surface area (Å²) >= 11 is 0. The molecule has 0 aliphatic rings. The molecule has 0 radical (unpaired) electrons. The van der Waals surface area contributed by atoms with Crippen molar-refractivity contribution in [3.63, 3.8) is 0 Å². The highest BCUT2D eigenvalue weighted by Gasteiger charge is 2.28. The Labute approximate surface area is 130 Å². The third-order valence-corrected chi connectivity index (χ3v) is 2.81. The van der Waals surface area contributed by atoms with Crippen molar-refractivity contribution in [3.8, 4) is 0 Å². The maximum atomic E-state index is 12.2. The molecule has 1 aromatic rings. The van der Waals surface area contributed by atoms with Gasteiger partial charge in [-0.2, -0.15) is 0 Å². The lowest BCUT2D eigenvalue weighted by molar-refractivity contribution is -0.147. The van der Waals surface area contributed by atoms with E-state index in [9.17, 15) is 19.2 Å². The summed E-state index contributed by atoms with van der Waals surface area (Å²) in [4.78, 5) is 51.7. The molecule has 11 nitrogen and oxygen atoms in total. The third kappa shape index (κ3) is 6.13. The van der Waals surface area contributed by atoms with Crippen molar-refractivity contribution in [1.29, 1.82) is 0 Å². The zero-order valence-corrected chi connectivity index (χ0v) is 12.0. The number of aromatic amines is 1. The number of H-pyrrole nitrogens is 1. The monoisotopic (exact) mass is 327 g/mol. The first-order valence-electron chi connectivity index (χ1n) is 6.55. The molecular weight excluding hydrogens is 310 g/mol. The van der Waals surface area contributed by atoms with Crippen molar-refractivity contribution in [2.45, 2.75) is 24.9 Å². The van der Waals surface area contributed by atoms with E-state index in [1.165, 1.54) is 12.5 Å². The Morgan fingerprint density at radius 2 is 1.91 bits per heavy atom. The molecule has 126 valence electrons. The standard InChI is InChI=1S/C12H17N5O6/c13-3-9(18)16-7(1-6-4-14-5-15-6)11(21)17-8(12(22)23)2-10(19)20/h4-5,7-8H,1-3,13H2,(H,14,15)(H,16,18)(H,17,21)(H,19,20)(H,22,23). The number of nitrogens with one attached hydrogen (secondary N) is 3. The van der Waals surface area contributed by atoms with E-state index in [4.69, 9.17) is 15.9 Å². The van der Waals surface area contributed by atoms with Crippen LogP contribution >= 0.6 is 0 Å². The Morgan fingerprint density at radius 1 is 1.22 bits per heavy atom. The summed E-state index contributed by atoms with van der Waals surface area (Å²) in [6.45, 7) is -0.357. The topological polar surface area (TPSA) is 187 Å². The van der Waals surface area contributed by atoms with Gasteiger partial charge in [0, 0.05) is 18.3 Å². The molecule has 0 aliphatic heterocycles. The van der Waals surface area contributed by atoms with Crippen LogP contribution in [0.1, 0.15) is 12.1 Å². The van der Waals surface area contributed by atoms with E-state index >= 15 is 0 Å². The predicted octanol–water partition coefficient (Wildman–Crippen LogP) is -2.56. The molecule has 11 heteroatoms. The van der Waals surface area contributed by atoms with Gasteiger partial charge in [-0.15, -0.1) is 0 Å². The number of carbonyl (C=O) groups excluding carboxylic acids is 2. The molecule has 0 saturated carbocycles. The van der Waals surface area contributed by atoms with E-state index in [1.54, 1.807) is 0 Å². The van der Waals surface area contributed by atoms with Gasteiger partial charge in [-0.1, -0.05) is 0 Å². The van der Waals surface area contributed by atoms with Gasteiger partial charge in [-0.25, -0.2) is 9.78 Å². The molecule has 23 heavy (non-hydrogen) atoms. The normalized spacial score (nSPS) is 12.9. The van der Waals surface area contributed by atoms with Crippen LogP contribution in [0.3, 0.4) is 0 Å². The molecule has 0 bridgehead atoms. The molecule has 2 unspecified atom stereocenters. The zero-order valence-electron chi connectivity index (χ0n) is 12.0. The summed E-state index contributed by atoms with van der Waals surface area (Å²) in [5, 5.41) is 22.0. The van der Waals surface area contributed by atoms with Gasteiger partial charge in [0.15, 0.2) is 0 Å². The van der Waals surface area contributed by atoms with Crippen LogP contribution in [0.2, 0.25) is 0 Å². The summed E-state index contributed by atoms with van der Waals surface area (Å²) < 4.78 is 0. The van der Waals surface area contributed by atoms with Crippen molar-refractivity contribution in [3.05, 3.63) is 18.2 Å². The summed E-state index contributed by atoms with van der Waals surface area (Å²) in [5.41, 5.74) is 5.69. The van der Waals surface area contributed by atoms with E-state index < -0.39 is 42.3 Å². The Morgan fingerprint density at radius 3 is 2.39 bits per heavy atom. The Bertz CT molecular complexity index is 573. The van der Waals surface area contributed by atoms with Crippen LogP contribution in [0.5, 0.6) is 0 Å². The first-order valence-corrected chi connectivity index (χ1v) is 6.55. The Balaban J connectivity index is 2.82. The van der Waals surface area contributed by atoms with Gasteiger partial charge < -0.3 is 31.6 Å². The van der Waals surface area contributed by atoms with Crippen molar-refractivity contribution < 1.29 is 29.4 Å². The highest BCUT2D eigenvalue weighted by molar-refractivity contribution is 5.92. The lowest BCUT2D eigenvalue weighted by atomic mass is 10.1. The van der Waals surface area contributed by atoms with Crippen LogP contribution in [0, 0.1) is 0 Å². The molecule has 2 atom stereocenters. The Kier molecular flexibility index (Phi) is 6.68. The minimum Gasteiger partial charge on any atom is -0.481 e. The van der Waals surface area contributed by atoms with Crippen molar-refractivity contribution in [2.75, 3.05) is 6.54 Å². The number of imidazole rings is 1. The van der Waals surface area contributed by atoms with E-state index in [1.807, 2.05) is 0 Å². The number of amides is 2. The van der Waals surface area contributed by atoms with Crippen molar-refractivity contribution >= 4 is 23.8 Å². The zero-order chi connectivity index (χ0) is 17.4. The van der Waals surface area contributed by atoms with Crippen molar-refractivity contribution in [1.82, 2.24) is 20.6 Å². The molecule has 0 aromatic carbocycles. The molecule has 0 spiro atoms. The second-order valence-corrected chi connectivity index (χ2v) is 4.60. The average molecular weight is 327 g/mol. The maximum Gasteiger partial charge on any atom is 0.326 e. The number of nitrogens with two attached hydrogens (primary N) is 1.